The molecule has 0 rings (SSSR count). The first kappa shape index (κ1) is 25.4. The maximum atomic E-state index is 11.8. The summed E-state index contributed by atoms with van der Waals surface area (Å²) < 4.78 is 0. The van der Waals surface area contributed by atoms with Gasteiger partial charge in [-0.25, -0.2) is 0 Å². The highest BCUT2D eigenvalue weighted by Crippen LogP contribution is 2.11. The summed E-state index contributed by atoms with van der Waals surface area (Å²) in [7, 11) is 0. The molecule has 2 amide bonds. The highest BCUT2D eigenvalue weighted by Gasteiger charge is 2.15. The second-order valence-electron chi connectivity index (χ2n) is 7.25. The molecule has 0 bridgehead atoms. The third-order valence-corrected chi connectivity index (χ3v) is 4.57. The van der Waals surface area contributed by atoms with Crippen molar-refractivity contribution in [3.05, 3.63) is 0 Å². The molecular weight excluding hydrogens is 342 g/mol. The summed E-state index contributed by atoms with van der Waals surface area (Å²) in [4.78, 5) is 27.5. The molecule has 7 N–H and O–H groups in total. The van der Waals surface area contributed by atoms with E-state index in [0.717, 1.165) is 19.3 Å². The predicted octanol–water partition coefficient (Wildman–Crippen LogP) is 2.71. The normalized spacial score (nSPS) is 11.8. The number of amides is 2. The van der Waals surface area contributed by atoms with E-state index < -0.39 is 11.9 Å². The van der Waals surface area contributed by atoms with Gasteiger partial charge in [-0.3, -0.25) is 19.9 Å². The minimum absolute atomic E-state index is 0.0233. The lowest BCUT2D eigenvalue weighted by atomic mass is 10.1. The molecule has 0 heterocycles. The van der Waals surface area contributed by atoms with Gasteiger partial charge in [-0.1, -0.05) is 71.1 Å². The molecule has 0 radical (unpaired) electrons. The number of rotatable bonds is 17. The topological polar surface area (TPSA) is 137 Å². The van der Waals surface area contributed by atoms with Crippen molar-refractivity contribution in [1.29, 1.82) is 0 Å². The number of unbranched alkanes of at least 4 members (excludes halogenated alkanes) is 10. The summed E-state index contributed by atoms with van der Waals surface area (Å²) in [6, 6.07) is -0.708. The third-order valence-electron chi connectivity index (χ3n) is 4.57. The van der Waals surface area contributed by atoms with Crippen LogP contribution in [0, 0.1) is 0 Å². The highest BCUT2D eigenvalue weighted by atomic mass is 16.2. The number of hydrogen-bond donors (Lipinski definition) is 4. The van der Waals surface area contributed by atoms with E-state index in [1.165, 1.54) is 51.4 Å². The highest BCUT2D eigenvalue weighted by molar-refractivity contribution is 5.97. The first-order valence-corrected chi connectivity index (χ1v) is 10.6. The smallest absolute Gasteiger partial charge is 0.243 e. The molecule has 0 saturated carbocycles. The van der Waals surface area contributed by atoms with Crippen LogP contribution < -0.4 is 22.5 Å². The quantitative estimate of drug-likeness (QED) is 0.174. The van der Waals surface area contributed by atoms with Gasteiger partial charge < -0.3 is 17.2 Å². The number of nitrogens with zero attached hydrogens (tertiary/aromatic N) is 1. The lowest BCUT2D eigenvalue weighted by Crippen LogP contribution is -2.43. The summed E-state index contributed by atoms with van der Waals surface area (Å²) in [5, 5.41) is 2.38. The average molecular weight is 384 g/mol. The molecule has 7 heteroatoms. The van der Waals surface area contributed by atoms with Crippen molar-refractivity contribution in [3.63, 3.8) is 0 Å². The maximum Gasteiger partial charge on any atom is 0.243 e. The first-order chi connectivity index (χ1) is 13.0. The second-order valence-corrected chi connectivity index (χ2v) is 7.25. The Hall–Kier alpha value is -1.63. The lowest BCUT2D eigenvalue weighted by Gasteiger charge is -2.10. The standard InChI is InChI=1S/C20H41N5O2/c1-2-3-4-5-6-7-8-9-10-11-12-15-18(26)25-19(27)17(21)14-13-16-24-20(22)23/h17H,2-16,21H2,1H3,(H4,22,23,24)(H,25,26,27)/t17-/m0/s1. The zero-order valence-corrected chi connectivity index (χ0v) is 17.2. The van der Waals surface area contributed by atoms with Gasteiger partial charge in [-0.15, -0.1) is 0 Å². The molecule has 158 valence electrons. The van der Waals surface area contributed by atoms with Gasteiger partial charge in [-0.2, -0.15) is 0 Å². The molecule has 27 heavy (non-hydrogen) atoms. The van der Waals surface area contributed by atoms with Gasteiger partial charge in [0.05, 0.1) is 6.04 Å². The number of nitrogens with one attached hydrogen (secondary N) is 1. The molecule has 0 aliphatic rings. The number of imide groups is 1. The Balaban J connectivity index is 3.54. The summed E-state index contributed by atoms with van der Waals surface area (Å²) in [5.74, 6) is -0.640. The number of nitrogens with two attached hydrogens (primary N) is 3. The van der Waals surface area contributed by atoms with Crippen molar-refractivity contribution in [2.45, 2.75) is 103 Å². The molecule has 0 aromatic carbocycles. The van der Waals surface area contributed by atoms with Gasteiger partial charge >= 0.3 is 0 Å². The number of guanidine groups is 1. The Labute approximate surface area is 164 Å². The van der Waals surface area contributed by atoms with Crippen molar-refractivity contribution in [2.75, 3.05) is 6.54 Å². The predicted molar refractivity (Wildman–Crippen MR) is 112 cm³/mol. The number of carbonyl (C=O) groups is 2. The van der Waals surface area contributed by atoms with Crippen LogP contribution >= 0.6 is 0 Å². The van der Waals surface area contributed by atoms with Crippen LogP contribution in [0.15, 0.2) is 4.99 Å². The molecule has 1 atom stereocenters. The van der Waals surface area contributed by atoms with E-state index >= 15 is 0 Å². The first-order valence-electron chi connectivity index (χ1n) is 10.6. The van der Waals surface area contributed by atoms with E-state index in [0.29, 0.717) is 25.8 Å². The minimum atomic E-state index is -0.708. The van der Waals surface area contributed by atoms with Crippen molar-refractivity contribution >= 4 is 17.8 Å². The van der Waals surface area contributed by atoms with E-state index in [-0.39, 0.29) is 11.9 Å². The summed E-state index contributed by atoms with van der Waals surface area (Å²) in [5.41, 5.74) is 16.2. The molecule has 0 saturated heterocycles. The van der Waals surface area contributed by atoms with Gasteiger partial charge in [0.1, 0.15) is 0 Å². The van der Waals surface area contributed by atoms with Crippen LogP contribution in [0.3, 0.4) is 0 Å². The van der Waals surface area contributed by atoms with Crippen LogP contribution in [0.25, 0.3) is 0 Å². The summed E-state index contributed by atoms with van der Waals surface area (Å²) in [6.45, 7) is 2.66. The molecule has 0 unspecified atom stereocenters. The molecule has 0 aliphatic heterocycles. The summed E-state index contributed by atoms with van der Waals surface area (Å²) >= 11 is 0. The largest absolute Gasteiger partial charge is 0.370 e. The Kier molecular flexibility index (Phi) is 16.7. The minimum Gasteiger partial charge on any atom is -0.370 e. The van der Waals surface area contributed by atoms with Crippen LogP contribution in [0.1, 0.15) is 96.8 Å². The molecular formula is C20H41N5O2. The molecule has 0 aromatic rings. The Morgan fingerprint density at radius 3 is 1.89 bits per heavy atom. The van der Waals surface area contributed by atoms with E-state index in [4.69, 9.17) is 17.2 Å². The third kappa shape index (κ3) is 17.5. The molecule has 0 aromatic heterocycles. The van der Waals surface area contributed by atoms with Crippen LogP contribution in [0.2, 0.25) is 0 Å². The van der Waals surface area contributed by atoms with E-state index in [1.807, 2.05) is 0 Å². The fraction of sp³-hybridized carbons (Fsp3) is 0.850. The van der Waals surface area contributed by atoms with Crippen LogP contribution in [0.5, 0.6) is 0 Å². The Morgan fingerprint density at radius 1 is 0.852 bits per heavy atom. The van der Waals surface area contributed by atoms with Crippen molar-refractivity contribution in [3.8, 4) is 0 Å². The van der Waals surface area contributed by atoms with Gasteiger partial charge in [0.25, 0.3) is 0 Å². The maximum absolute atomic E-state index is 11.8. The second kappa shape index (κ2) is 17.8. The lowest BCUT2D eigenvalue weighted by molar-refractivity contribution is -0.131. The monoisotopic (exact) mass is 383 g/mol. The van der Waals surface area contributed by atoms with Crippen molar-refractivity contribution in [1.82, 2.24) is 5.32 Å². The molecule has 0 spiro atoms. The fourth-order valence-corrected chi connectivity index (χ4v) is 2.89. The van der Waals surface area contributed by atoms with Crippen LogP contribution in [0.4, 0.5) is 0 Å². The van der Waals surface area contributed by atoms with E-state index in [1.54, 1.807) is 0 Å². The number of aliphatic imine (C=N–C) groups is 1. The zero-order chi connectivity index (χ0) is 20.3. The number of carbonyl (C=O) groups excluding carboxylic acids is 2. The summed E-state index contributed by atoms with van der Waals surface area (Å²) in [6.07, 6.45) is 15.0. The van der Waals surface area contributed by atoms with E-state index in [9.17, 15) is 9.59 Å². The van der Waals surface area contributed by atoms with Crippen LogP contribution in [-0.4, -0.2) is 30.4 Å². The van der Waals surface area contributed by atoms with Gasteiger partial charge in [0, 0.05) is 13.0 Å². The van der Waals surface area contributed by atoms with Gasteiger partial charge in [0.15, 0.2) is 5.96 Å². The fourth-order valence-electron chi connectivity index (χ4n) is 2.89. The Morgan fingerprint density at radius 2 is 1.37 bits per heavy atom. The van der Waals surface area contributed by atoms with Gasteiger partial charge in [-0.05, 0) is 19.3 Å². The Bertz CT molecular complexity index is 423. The van der Waals surface area contributed by atoms with Gasteiger partial charge in [0.2, 0.25) is 11.8 Å². The zero-order valence-electron chi connectivity index (χ0n) is 17.2. The van der Waals surface area contributed by atoms with Crippen molar-refractivity contribution in [2.24, 2.45) is 22.2 Å². The molecule has 0 aliphatic carbocycles. The molecule has 7 nitrogen and oxygen atoms in total. The average Bonchev–Trinajstić information content (AvgIpc) is 2.62. The van der Waals surface area contributed by atoms with Crippen molar-refractivity contribution < 1.29 is 9.59 Å². The SMILES string of the molecule is CCCCCCCCCCCCCC(=O)NC(=O)[C@@H](N)CCCN=C(N)N. The number of hydrogen-bond acceptors (Lipinski definition) is 4. The molecule has 0 fully saturated rings. The van der Waals surface area contributed by atoms with Crippen LogP contribution in [-0.2, 0) is 9.59 Å². The van der Waals surface area contributed by atoms with E-state index in [2.05, 4.69) is 17.2 Å².